The molecule has 2 aromatic heterocycles. The van der Waals surface area contributed by atoms with E-state index in [1.807, 2.05) is 30.8 Å². The number of methoxy groups -OCH3 is 1. The highest BCUT2D eigenvalue weighted by Crippen LogP contribution is 2.20. The van der Waals surface area contributed by atoms with E-state index >= 15 is 0 Å². The molecule has 0 saturated carbocycles. The van der Waals surface area contributed by atoms with Crippen LogP contribution in [0.3, 0.4) is 0 Å². The lowest BCUT2D eigenvalue weighted by atomic mass is 10.1. The van der Waals surface area contributed by atoms with E-state index in [0.717, 1.165) is 50.5 Å². The summed E-state index contributed by atoms with van der Waals surface area (Å²) in [4.78, 5) is 25.1. The maximum absolute atomic E-state index is 12.3. The SMILES string of the molecule is COc1cc(N2CCc3ccc(=O)n(CCN(C)C)c3CC2)ncn1. The molecule has 0 unspecified atom stereocenters. The summed E-state index contributed by atoms with van der Waals surface area (Å²) >= 11 is 0. The van der Waals surface area contributed by atoms with Gasteiger partial charge in [0.15, 0.2) is 0 Å². The van der Waals surface area contributed by atoms with E-state index in [4.69, 9.17) is 4.74 Å². The Morgan fingerprint density at radius 2 is 2.00 bits per heavy atom. The summed E-state index contributed by atoms with van der Waals surface area (Å²) in [6, 6.07) is 5.53. The average molecular weight is 343 g/mol. The van der Waals surface area contributed by atoms with Crippen molar-refractivity contribution in [2.24, 2.45) is 0 Å². The summed E-state index contributed by atoms with van der Waals surface area (Å²) in [6.45, 7) is 3.25. The van der Waals surface area contributed by atoms with E-state index in [-0.39, 0.29) is 5.56 Å². The summed E-state index contributed by atoms with van der Waals surface area (Å²) < 4.78 is 7.13. The van der Waals surface area contributed by atoms with Gasteiger partial charge in [-0.2, -0.15) is 0 Å². The molecule has 2 aromatic rings. The second-order valence-corrected chi connectivity index (χ2v) is 6.50. The van der Waals surface area contributed by atoms with Gasteiger partial charge in [-0.1, -0.05) is 6.07 Å². The molecule has 0 N–H and O–H groups in total. The van der Waals surface area contributed by atoms with E-state index < -0.39 is 0 Å². The fourth-order valence-electron chi connectivity index (χ4n) is 3.18. The number of rotatable bonds is 5. The molecule has 25 heavy (non-hydrogen) atoms. The van der Waals surface area contributed by atoms with E-state index in [1.54, 1.807) is 13.2 Å². The quantitative estimate of drug-likeness (QED) is 0.801. The van der Waals surface area contributed by atoms with Crippen LogP contribution in [0.5, 0.6) is 5.88 Å². The molecule has 7 nitrogen and oxygen atoms in total. The zero-order chi connectivity index (χ0) is 17.8. The molecule has 1 aliphatic heterocycles. The Balaban J connectivity index is 1.84. The first-order chi connectivity index (χ1) is 12.1. The predicted molar refractivity (Wildman–Crippen MR) is 97.5 cm³/mol. The van der Waals surface area contributed by atoms with Crippen molar-refractivity contribution in [1.29, 1.82) is 0 Å². The Kier molecular flexibility index (Phi) is 5.33. The highest BCUT2D eigenvalue weighted by Gasteiger charge is 2.19. The highest BCUT2D eigenvalue weighted by molar-refractivity contribution is 5.42. The molecular formula is C18H25N5O2. The van der Waals surface area contributed by atoms with Crippen LogP contribution in [-0.4, -0.2) is 60.3 Å². The van der Waals surface area contributed by atoms with Crippen LogP contribution < -0.4 is 15.2 Å². The van der Waals surface area contributed by atoms with Gasteiger partial charge >= 0.3 is 0 Å². The van der Waals surface area contributed by atoms with E-state index in [1.165, 1.54) is 11.9 Å². The minimum Gasteiger partial charge on any atom is -0.481 e. The van der Waals surface area contributed by atoms with Crippen LogP contribution >= 0.6 is 0 Å². The molecule has 0 atom stereocenters. The van der Waals surface area contributed by atoms with Crippen molar-refractivity contribution in [2.45, 2.75) is 19.4 Å². The standard InChI is InChI=1S/C18H25N5O2/c1-21(2)10-11-23-15-7-9-22(8-6-14(15)4-5-18(23)24)16-12-17(25-3)20-13-19-16/h4-5,12-13H,6-11H2,1-3H3. The Morgan fingerprint density at radius 3 is 2.76 bits per heavy atom. The van der Waals surface area contributed by atoms with Gasteiger partial charge in [0.25, 0.3) is 5.56 Å². The van der Waals surface area contributed by atoms with E-state index in [2.05, 4.69) is 19.8 Å². The van der Waals surface area contributed by atoms with Crippen molar-refractivity contribution in [2.75, 3.05) is 45.7 Å². The Morgan fingerprint density at radius 1 is 1.20 bits per heavy atom. The Bertz CT molecular complexity index is 787. The van der Waals surface area contributed by atoms with Crippen molar-refractivity contribution in [3.8, 4) is 5.88 Å². The highest BCUT2D eigenvalue weighted by atomic mass is 16.5. The minimum atomic E-state index is 0.0813. The number of anilines is 1. The maximum Gasteiger partial charge on any atom is 0.250 e. The second-order valence-electron chi connectivity index (χ2n) is 6.50. The summed E-state index contributed by atoms with van der Waals surface area (Å²) in [6.07, 6.45) is 3.24. The van der Waals surface area contributed by atoms with Gasteiger partial charge in [-0.25, -0.2) is 9.97 Å². The summed E-state index contributed by atoms with van der Waals surface area (Å²) in [5.41, 5.74) is 2.48. The molecule has 0 bridgehead atoms. The van der Waals surface area contributed by atoms with Gasteiger partial charge < -0.3 is 19.1 Å². The van der Waals surface area contributed by atoms with Crippen LogP contribution in [-0.2, 0) is 19.4 Å². The summed E-state index contributed by atoms with van der Waals surface area (Å²) in [5.74, 6) is 1.43. The summed E-state index contributed by atoms with van der Waals surface area (Å²) in [7, 11) is 5.65. The zero-order valence-electron chi connectivity index (χ0n) is 15.1. The van der Waals surface area contributed by atoms with Crippen LogP contribution in [0, 0.1) is 0 Å². The molecule has 134 valence electrons. The van der Waals surface area contributed by atoms with Gasteiger partial charge in [0, 0.05) is 50.4 Å². The third kappa shape index (κ3) is 3.99. The van der Waals surface area contributed by atoms with Gasteiger partial charge in [0.1, 0.15) is 12.1 Å². The lowest BCUT2D eigenvalue weighted by Gasteiger charge is -2.21. The van der Waals surface area contributed by atoms with Crippen molar-refractivity contribution in [3.63, 3.8) is 0 Å². The minimum absolute atomic E-state index is 0.0813. The molecule has 7 heteroatoms. The molecular weight excluding hydrogens is 318 g/mol. The van der Waals surface area contributed by atoms with Crippen LogP contribution in [0.1, 0.15) is 11.3 Å². The Labute approximate surface area is 147 Å². The monoisotopic (exact) mass is 343 g/mol. The van der Waals surface area contributed by atoms with Crippen molar-refractivity contribution >= 4 is 5.82 Å². The lowest BCUT2D eigenvalue weighted by Crippen LogP contribution is -2.30. The zero-order valence-corrected chi connectivity index (χ0v) is 15.1. The van der Waals surface area contributed by atoms with Gasteiger partial charge in [0.05, 0.1) is 7.11 Å². The number of aromatic nitrogens is 3. The number of nitrogens with zero attached hydrogens (tertiary/aromatic N) is 5. The van der Waals surface area contributed by atoms with Crippen LogP contribution in [0.2, 0.25) is 0 Å². The first-order valence-corrected chi connectivity index (χ1v) is 8.56. The predicted octanol–water partition coefficient (Wildman–Crippen LogP) is 0.814. The molecule has 3 heterocycles. The molecule has 0 radical (unpaired) electrons. The molecule has 1 aliphatic rings. The molecule has 0 spiro atoms. The Hall–Kier alpha value is -2.41. The van der Waals surface area contributed by atoms with Gasteiger partial charge in [-0.3, -0.25) is 4.79 Å². The average Bonchev–Trinajstić information content (AvgIpc) is 2.83. The molecule has 0 saturated heterocycles. The van der Waals surface area contributed by atoms with Gasteiger partial charge in [0.2, 0.25) is 5.88 Å². The number of hydrogen-bond donors (Lipinski definition) is 0. The molecule has 3 rings (SSSR count). The van der Waals surface area contributed by atoms with Gasteiger partial charge in [-0.05, 0) is 26.1 Å². The smallest absolute Gasteiger partial charge is 0.250 e. The number of fused-ring (bicyclic) bond motifs is 1. The number of hydrogen-bond acceptors (Lipinski definition) is 6. The van der Waals surface area contributed by atoms with E-state index in [9.17, 15) is 4.79 Å². The van der Waals surface area contributed by atoms with Crippen molar-refractivity contribution in [1.82, 2.24) is 19.4 Å². The molecule has 0 fully saturated rings. The van der Waals surface area contributed by atoms with E-state index in [0.29, 0.717) is 5.88 Å². The second kappa shape index (κ2) is 7.65. The van der Waals surface area contributed by atoms with Gasteiger partial charge in [-0.15, -0.1) is 0 Å². The van der Waals surface area contributed by atoms with Crippen LogP contribution in [0.15, 0.2) is 29.3 Å². The molecule has 0 amide bonds. The van der Waals surface area contributed by atoms with Crippen molar-refractivity contribution < 1.29 is 4.74 Å². The molecule has 0 aliphatic carbocycles. The number of pyridine rings is 1. The third-order valence-electron chi connectivity index (χ3n) is 4.59. The number of ether oxygens (including phenoxy) is 1. The maximum atomic E-state index is 12.3. The van der Waals surface area contributed by atoms with Crippen LogP contribution in [0.4, 0.5) is 5.82 Å². The lowest BCUT2D eigenvalue weighted by molar-refractivity contribution is 0.377. The largest absolute Gasteiger partial charge is 0.481 e. The molecule has 0 aromatic carbocycles. The van der Waals surface area contributed by atoms with Crippen molar-refractivity contribution in [3.05, 3.63) is 46.1 Å². The first kappa shape index (κ1) is 17.4. The summed E-state index contributed by atoms with van der Waals surface area (Å²) in [5, 5.41) is 0. The first-order valence-electron chi connectivity index (χ1n) is 8.56. The van der Waals surface area contributed by atoms with Crippen LogP contribution in [0.25, 0.3) is 0 Å². The fourth-order valence-corrected chi connectivity index (χ4v) is 3.18. The topological polar surface area (TPSA) is 63.5 Å². The fraction of sp³-hybridized carbons (Fsp3) is 0.500. The third-order valence-corrected chi connectivity index (χ3v) is 4.59. The normalized spacial score (nSPS) is 14.3. The number of likely N-dealkylation sites (N-methyl/N-ethyl adjacent to an activating group) is 1.